The second-order valence-corrected chi connectivity index (χ2v) is 6.98. The Bertz CT molecular complexity index is 797. The molecule has 0 aliphatic heterocycles. The second kappa shape index (κ2) is 8.41. The lowest BCUT2D eigenvalue weighted by Gasteiger charge is -2.12. The summed E-state index contributed by atoms with van der Waals surface area (Å²) < 4.78 is 6.52. The number of rotatable bonds is 7. The minimum absolute atomic E-state index is 0.382. The maximum Gasteiger partial charge on any atom is 0.282 e. The minimum Gasteiger partial charge on any atom is -0.333 e. The van der Waals surface area contributed by atoms with Crippen molar-refractivity contribution in [3.63, 3.8) is 0 Å². The molecule has 0 saturated carbocycles. The van der Waals surface area contributed by atoms with Crippen LogP contribution in [0.4, 0.5) is 0 Å². The molecule has 0 aliphatic carbocycles. The van der Waals surface area contributed by atoms with Gasteiger partial charge in [-0.1, -0.05) is 71.3 Å². The number of benzene rings is 2. The summed E-state index contributed by atoms with van der Waals surface area (Å²) in [6, 6.07) is 17.2. The van der Waals surface area contributed by atoms with E-state index in [4.69, 9.17) is 4.52 Å². The van der Waals surface area contributed by atoms with Gasteiger partial charge < -0.3 is 9.84 Å². The van der Waals surface area contributed by atoms with Crippen molar-refractivity contribution in [2.45, 2.75) is 39.3 Å². The average molecular weight is 401 g/mol. The van der Waals surface area contributed by atoms with Gasteiger partial charge in [0.15, 0.2) is 6.54 Å². The quantitative estimate of drug-likeness (QED) is 0.643. The van der Waals surface area contributed by atoms with Crippen molar-refractivity contribution in [2.75, 3.05) is 0 Å². The molecular weight excluding hydrogens is 378 g/mol. The third-order valence-electron chi connectivity index (χ3n) is 4.40. The van der Waals surface area contributed by atoms with Crippen LogP contribution in [0.1, 0.15) is 43.3 Å². The molecule has 3 rings (SSSR count). The number of aryl methyl sites for hydroxylation is 1. The molecule has 4 nitrogen and oxygen atoms in total. The summed E-state index contributed by atoms with van der Waals surface area (Å²) in [6.07, 6.45) is 2.07. The number of hydrogen-bond donors (Lipinski definition) is 1. The molecule has 3 aromatic rings. The fourth-order valence-corrected chi connectivity index (χ4v) is 3.10. The monoisotopic (exact) mass is 400 g/mol. The molecule has 0 unspecified atom stereocenters. The number of aromatic nitrogens is 2. The first-order chi connectivity index (χ1) is 12.2. The van der Waals surface area contributed by atoms with Gasteiger partial charge in [-0.05, 0) is 24.1 Å². The summed E-state index contributed by atoms with van der Waals surface area (Å²) in [6.45, 7) is 5.01. The maximum absolute atomic E-state index is 5.43. The average Bonchev–Trinajstić information content (AvgIpc) is 3.12. The van der Waals surface area contributed by atoms with Crippen LogP contribution in [0.2, 0.25) is 0 Å². The van der Waals surface area contributed by atoms with Crippen molar-refractivity contribution in [1.82, 2.24) is 10.1 Å². The van der Waals surface area contributed by atoms with Gasteiger partial charge in [0.05, 0.1) is 0 Å². The van der Waals surface area contributed by atoms with E-state index in [9.17, 15) is 0 Å². The van der Waals surface area contributed by atoms with Gasteiger partial charge in [0, 0.05) is 22.0 Å². The van der Waals surface area contributed by atoms with Crippen LogP contribution in [0.15, 0.2) is 57.5 Å². The van der Waals surface area contributed by atoms with Gasteiger partial charge in [0.25, 0.3) is 5.89 Å². The van der Waals surface area contributed by atoms with Gasteiger partial charge in [-0.2, -0.15) is 4.98 Å². The first-order valence-corrected chi connectivity index (χ1v) is 9.49. The lowest BCUT2D eigenvalue weighted by atomic mass is 10.0. The van der Waals surface area contributed by atoms with E-state index in [0.29, 0.717) is 24.3 Å². The molecule has 5 heteroatoms. The first kappa shape index (κ1) is 17.8. The minimum atomic E-state index is 0.382. The summed E-state index contributed by atoms with van der Waals surface area (Å²) in [5.41, 5.74) is 3.61. The van der Waals surface area contributed by atoms with Crippen LogP contribution in [0.3, 0.4) is 0 Å². The van der Waals surface area contributed by atoms with E-state index >= 15 is 0 Å². The summed E-state index contributed by atoms with van der Waals surface area (Å²) in [4.78, 5) is 4.53. The Labute approximate surface area is 156 Å². The standard InChI is InChI=1S/C20H22BrN3O/c1-3-14-5-7-16(8-6-14)20-23-19(25-24-20)13-22-18(4-2)15-9-11-17(21)12-10-15/h5-12,18,22H,3-4,13H2,1-2H3/p+1/t18-/m0/s1. The highest BCUT2D eigenvalue weighted by Crippen LogP contribution is 2.18. The van der Waals surface area contributed by atoms with E-state index in [1.165, 1.54) is 11.1 Å². The molecule has 2 N–H and O–H groups in total. The fraction of sp³-hybridized carbons (Fsp3) is 0.300. The van der Waals surface area contributed by atoms with Crippen LogP contribution in [0.25, 0.3) is 11.4 Å². The molecule has 0 fully saturated rings. The lowest BCUT2D eigenvalue weighted by Crippen LogP contribution is -2.83. The van der Waals surface area contributed by atoms with Crippen LogP contribution in [-0.4, -0.2) is 10.1 Å². The zero-order chi connectivity index (χ0) is 17.6. The number of halogens is 1. The fourth-order valence-electron chi connectivity index (χ4n) is 2.84. The summed E-state index contributed by atoms with van der Waals surface area (Å²) in [5, 5.41) is 6.37. The molecule has 130 valence electrons. The van der Waals surface area contributed by atoms with Crippen molar-refractivity contribution in [3.8, 4) is 11.4 Å². The van der Waals surface area contributed by atoms with Crippen LogP contribution >= 0.6 is 15.9 Å². The normalized spacial score (nSPS) is 12.3. The molecule has 0 aliphatic rings. The zero-order valence-electron chi connectivity index (χ0n) is 14.6. The number of nitrogens with two attached hydrogens (primary N) is 1. The smallest absolute Gasteiger partial charge is 0.282 e. The van der Waals surface area contributed by atoms with Crippen molar-refractivity contribution < 1.29 is 9.84 Å². The molecule has 1 aromatic heterocycles. The van der Waals surface area contributed by atoms with E-state index in [0.717, 1.165) is 22.9 Å². The van der Waals surface area contributed by atoms with Crippen molar-refractivity contribution in [1.29, 1.82) is 0 Å². The van der Waals surface area contributed by atoms with Crippen LogP contribution in [0.5, 0.6) is 0 Å². The van der Waals surface area contributed by atoms with Crippen LogP contribution < -0.4 is 5.32 Å². The Morgan fingerprint density at radius 1 is 1.04 bits per heavy atom. The highest BCUT2D eigenvalue weighted by atomic mass is 79.9. The first-order valence-electron chi connectivity index (χ1n) is 8.70. The Balaban J connectivity index is 1.65. The summed E-state index contributed by atoms with van der Waals surface area (Å²) >= 11 is 3.48. The SMILES string of the molecule is CCc1ccc(-c2noc(C[NH2+][C@@H](CC)c3ccc(Br)cc3)n2)cc1. The predicted octanol–water partition coefficient (Wildman–Crippen LogP) is 4.28. The molecule has 0 bridgehead atoms. The molecular formula is C20H23BrN3O+. The Kier molecular flexibility index (Phi) is 6.00. The largest absolute Gasteiger partial charge is 0.333 e. The van der Waals surface area contributed by atoms with Gasteiger partial charge in [0.1, 0.15) is 6.04 Å². The zero-order valence-corrected chi connectivity index (χ0v) is 16.2. The maximum atomic E-state index is 5.43. The molecule has 0 radical (unpaired) electrons. The van der Waals surface area contributed by atoms with Gasteiger partial charge in [-0.25, -0.2) is 0 Å². The van der Waals surface area contributed by atoms with Crippen molar-refractivity contribution in [3.05, 3.63) is 70.0 Å². The lowest BCUT2D eigenvalue weighted by molar-refractivity contribution is -0.713. The van der Waals surface area contributed by atoms with E-state index in [1.807, 2.05) is 12.1 Å². The van der Waals surface area contributed by atoms with E-state index < -0.39 is 0 Å². The molecule has 2 aromatic carbocycles. The second-order valence-electron chi connectivity index (χ2n) is 6.07. The van der Waals surface area contributed by atoms with E-state index in [-0.39, 0.29) is 0 Å². The van der Waals surface area contributed by atoms with E-state index in [1.54, 1.807) is 0 Å². The van der Waals surface area contributed by atoms with Crippen LogP contribution in [0, 0.1) is 0 Å². The summed E-state index contributed by atoms with van der Waals surface area (Å²) in [5.74, 6) is 1.31. The molecule has 1 heterocycles. The van der Waals surface area contributed by atoms with Crippen molar-refractivity contribution in [2.24, 2.45) is 0 Å². The number of nitrogens with zero attached hydrogens (tertiary/aromatic N) is 2. The van der Waals surface area contributed by atoms with Crippen LogP contribution in [-0.2, 0) is 13.0 Å². The number of hydrogen-bond acceptors (Lipinski definition) is 3. The van der Waals surface area contributed by atoms with Gasteiger partial charge in [-0.3, -0.25) is 0 Å². The Morgan fingerprint density at radius 2 is 1.76 bits per heavy atom. The highest BCUT2D eigenvalue weighted by molar-refractivity contribution is 9.10. The van der Waals surface area contributed by atoms with Gasteiger partial charge in [-0.15, -0.1) is 0 Å². The Morgan fingerprint density at radius 3 is 2.40 bits per heavy atom. The Hall–Kier alpha value is -1.98. The van der Waals surface area contributed by atoms with E-state index in [2.05, 4.69) is 81.6 Å². The summed E-state index contributed by atoms with van der Waals surface area (Å²) in [7, 11) is 0. The molecule has 0 amide bonds. The van der Waals surface area contributed by atoms with Gasteiger partial charge in [0.2, 0.25) is 5.82 Å². The molecule has 0 saturated heterocycles. The number of quaternary nitrogens is 1. The third kappa shape index (κ3) is 4.55. The van der Waals surface area contributed by atoms with Gasteiger partial charge >= 0.3 is 0 Å². The predicted molar refractivity (Wildman–Crippen MR) is 102 cm³/mol. The third-order valence-corrected chi connectivity index (χ3v) is 4.93. The molecule has 25 heavy (non-hydrogen) atoms. The highest BCUT2D eigenvalue weighted by Gasteiger charge is 2.15. The molecule has 0 spiro atoms. The molecule has 1 atom stereocenters. The topological polar surface area (TPSA) is 55.5 Å². The van der Waals surface area contributed by atoms with Crippen molar-refractivity contribution >= 4 is 15.9 Å².